The van der Waals surface area contributed by atoms with Crippen molar-refractivity contribution in [3.8, 4) is 0 Å². The molecule has 160 valence electrons. The van der Waals surface area contributed by atoms with Gasteiger partial charge in [-0.15, -0.1) is 11.3 Å². The number of nitrogens with zero attached hydrogens (tertiary/aromatic N) is 6. The summed E-state index contributed by atoms with van der Waals surface area (Å²) in [4.78, 5) is 14.3. The van der Waals surface area contributed by atoms with Crippen LogP contribution in [0.3, 0.4) is 0 Å². The zero-order valence-electron chi connectivity index (χ0n) is 16.6. The van der Waals surface area contributed by atoms with Gasteiger partial charge in [0.2, 0.25) is 0 Å². The van der Waals surface area contributed by atoms with Crippen molar-refractivity contribution in [1.82, 2.24) is 24.6 Å². The third kappa shape index (κ3) is 4.02. The van der Waals surface area contributed by atoms with E-state index < -0.39 is 12.6 Å². The Morgan fingerprint density at radius 2 is 2.00 bits per heavy atom. The van der Waals surface area contributed by atoms with Gasteiger partial charge in [-0.1, -0.05) is 0 Å². The lowest BCUT2D eigenvalue weighted by molar-refractivity contribution is -0.126. The Morgan fingerprint density at radius 3 is 2.77 bits per heavy atom. The molecule has 0 radical (unpaired) electrons. The SMILES string of the molecule is Cn1cc(CN2CC[C@H]3CN(c4ncnc5sc(CC(F)(F)F)cc45)C[C@H]3C2)cn1. The Hall–Kier alpha value is -2.20. The topological polar surface area (TPSA) is 50.1 Å². The average Bonchev–Trinajstić information content (AvgIpc) is 3.37. The third-order valence-electron chi connectivity index (χ3n) is 6.08. The highest BCUT2D eigenvalue weighted by molar-refractivity contribution is 7.18. The van der Waals surface area contributed by atoms with Crippen LogP contribution in [0.2, 0.25) is 0 Å². The van der Waals surface area contributed by atoms with Gasteiger partial charge in [0.15, 0.2) is 0 Å². The fraction of sp³-hybridized carbons (Fsp3) is 0.550. The Morgan fingerprint density at radius 1 is 1.17 bits per heavy atom. The summed E-state index contributed by atoms with van der Waals surface area (Å²) < 4.78 is 40.3. The number of halogens is 3. The molecule has 2 atom stereocenters. The molecular weight excluding hydrogens is 413 g/mol. The van der Waals surface area contributed by atoms with Crippen LogP contribution in [0.15, 0.2) is 24.8 Å². The van der Waals surface area contributed by atoms with Gasteiger partial charge in [0, 0.05) is 49.9 Å². The Labute approximate surface area is 176 Å². The molecule has 0 N–H and O–H groups in total. The molecule has 0 bridgehead atoms. The van der Waals surface area contributed by atoms with Gasteiger partial charge >= 0.3 is 6.18 Å². The maximum absolute atomic E-state index is 12.8. The van der Waals surface area contributed by atoms with Gasteiger partial charge in [-0.05, 0) is 30.9 Å². The van der Waals surface area contributed by atoms with Crippen LogP contribution in [0.4, 0.5) is 19.0 Å². The van der Waals surface area contributed by atoms with Crippen LogP contribution in [0, 0.1) is 11.8 Å². The standard InChI is InChI=1S/C20H23F3N6S/c1-27-7-13(6-26-27)8-28-3-2-14-10-29(11-15(14)9-28)18-17-4-16(5-20(21,22)23)30-19(17)25-12-24-18/h4,6-7,12,14-15H,2-3,5,8-11H2,1H3/t14-,15+/m0/s1. The van der Waals surface area contributed by atoms with Crippen LogP contribution in [-0.4, -0.2) is 57.0 Å². The third-order valence-corrected chi connectivity index (χ3v) is 7.13. The van der Waals surface area contributed by atoms with Crippen LogP contribution in [0.1, 0.15) is 16.9 Å². The zero-order valence-corrected chi connectivity index (χ0v) is 17.5. The van der Waals surface area contributed by atoms with Crippen LogP contribution >= 0.6 is 11.3 Å². The van der Waals surface area contributed by atoms with Crippen LogP contribution in [0.25, 0.3) is 10.2 Å². The molecular formula is C20H23F3N6S. The number of anilines is 1. The molecule has 5 rings (SSSR count). The minimum atomic E-state index is -4.21. The predicted molar refractivity (Wildman–Crippen MR) is 109 cm³/mol. The van der Waals surface area contributed by atoms with Crippen molar-refractivity contribution in [2.24, 2.45) is 18.9 Å². The van der Waals surface area contributed by atoms with Gasteiger partial charge < -0.3 is 4.90 Å². The smallest absolute Gasteiger partial charge is 0.355 e. The van der Waals surface area contributed by atoms with Gasteiger partial charge in [0.1, 0.15) is 17.0 Å². The lowest BCUT2D eigenvalue weighted by Gasteiger charge is -2.33. The van der Waals surface area contributed by atoms with Crippen molar-refractivity contribution in [2.45, 2.75) is 25.6 Å². The van der Waals surface area contributed by atoms with Crippen LogP contribution < -0.4 is 4.90 Å². The Balaban J connectivity index is 1.31. The van der Waals surface area contributed by atoms with Crippen LogP contribution in [0.5, 0.6) is 0 Å². The van der Waals surface area contributed by atoms with Gasteiger partial charge in [0.05, 0.1) is 18.0 Å². The summed E-state index contributed by atoms with van der Waals surface area (Å²) in [5.74, 6) is 1.90. The molecule has 2 aliphatic heterocycles. The van der Waals surface area contributed by atoms with E-state index in [9.17, 15) is 13.2 Å². The number of aromatic nitrogens is 4. The molecule has 30 heavy (non-hydrogen) atoms. The number of fused-ring (bicyclic) bond motifs is 2. The number of hydrogen-bond donors (Lipinski definition) is 0. The van der Waals surface area contributed by atoms with E-state index in [1.54, 1.807) is 6.07 Å². The second-order valence-electron chi connectivity index (χ2n) is 8.39. The summed E-state index contributed by atoms with van der Waals surface area (Å²) in [7, 11) is 1.93. The summed E-state index contributed by atoms with van der Waals surface area (Å²) in [6.45, 7) is 4.76. The van der Waals surface area contributed by atoms with Gasteiger partial charge in [-0.3, -0.25) is 9.58 Å². The molecule has 2 saturated heterocycles. The molecule has 5 heterocycles. The Bertz CT molecular complexity index is 1040. The van der Waals surface area contributed by atoms with Gasteiger partial charge in [-0.25, -0.2) is 9.97 Å². The summed E-state index contributed by atoms with van der Waals surface area (Å²) >= 11 is 1.11. The lowest BCUT2D eigenvalue weighted by atomic mass is 9.88. The first-order valence-electron chi connectivity index (χ1n) is 10.1. The van der Waals surface area contributed by atoms with E-state index in [-0.39, 0.29) is 0 Å². The molecule has 2 aliphatic rings. The minimum absolute atomic E-state index is 0.290. The highest BCUT2D eigenvalue weighted by Crippen LogP contribution is 2.38. The molecule has 0 saturated carbocycles. The monoisotopic (exact) mass is 436 g/mol. The van der Waals surface area contributed by atoms with Crippen molar-refractivity contribution < 1.29 is 13.2 Å². The fourth-order valence-electron chi connectivity index (χ4n) is 4.80. The molecule has 3 aromatic rings. The molecule has 0 spiro atoms. The average molecular weight is 437 g/mol. The van der Waals surface area contributed by atoms with Gasteiger partial charge in [-0.2, -0.15) is 18.3 Å². The van der Waals surface area contributed by atoms with E-state index in [0.29, 0.717) is 21.5 Å². The molecule has 2 fully saturated rings. The molecule has 10 heteroatoms. The highest BCUT2D eigenvalue weighted by Gasteiger charge is 2.38. The molecule has 0 amide bonds. The summed E-state index contributed by atoms with van der Waals surface area (Å²) in [5, 5.41) is 4.99. The zero-order chi connectivity index (χ0) is 20.9. The largest absolute Gasteiger partial charge is 0.393 e. The number of thiophene rings is 1. The second-order valence-corrected chi connectivity index (χ2v) is 9.51. The first-order chi connectivity index (χ1) is 14.3. The van der Waals surface area contributed by atoms with E-state index >= 15 is 0 Å². The van der Waals surface area contributed by atoms with Crippen molar-refractivity contribution in [3.05, 3.63) is 35.2 Å². The Kier molecular flexibility index (Phi) is 4.93. The van der Waals surface area contributed by atoms with Crippen molar-refractivity contribution in [1.29, 1.82) is 0 Å². The highest BCUT2D eigenvalue weighted by atomic mass is 32.1. The first kappa shape index (κ1) is 19.7. The lowest BCUT2D eigenvalue weighted by Crippen LogP contribution is -2.39. The number of hydrogen-bond acceptors (Lipinski definition) is 6. The minimum Gasteiger partial charge on any atom is -0.355 e. The molecule has 0 aromatic carbocycles. The maximum atomic E-state index is 12.8. The second kappa shape index (κ2) is 7.49. The number of likely N-dealkylation sites (tertiary alicyclic amines) is 1. The van der Waals surface area contributed by atoms with E-state index in [0.717, 1.165) is 61.7 Å². The molecule has 0 aliphatic carbocycles. The van der Waals surface area contributed by atoms with E-state index in [2.05, 4.69) is 31.1 Å². The maximum Gasteiger partial charge on any atom is 0.393 e. The normalized spacial score (nSPS) is 22.7. The fourth-order valence-corrected chi connectivity index (χ4v) is 5.82. The van der Waals surface area contributed by atoms with Crippen molar-refractivity contribution in [3.63, 3.8) is 0 Å². The van der Waals surface area contributed by atoms with Crippen LogP contribution in [-0.2, 0) is 20.0 Å². The van der Waals surface area contributed by atoms with Gasteiger partial charge in [0.25, 0.3) is 0 Å². The molecule has 6 nitrogen and oxygen atoms in total. The summed E-state index contributed by atoms with van der Waals surface area (Å²) in [5.41, 5.74) is 1.22. The van der Waals surface area contributed by atoms with E-state index in [4.69, 9.17) is 0 Å². The van der Waals surface area contributed by atoms with Crippen molar-refractivity contribution in [2.75, 3.05) is 31.1 Å². The number of piperidine rings is 1. The molecule has 3 aromatic heterocycles. The quantitative estimate of drug-likeness (QED) is 0.627. The summed E-state index contributed by atoms with van der Waals surface area (Å²) in [6.07, 6.45) is 1.44. The van der Waals surface area contributed by atoms with E-state index in [1.165, 1.54) is 11.9 Å². The first-order valence-corrected chi connectivity index (χ1v) is 10.9. The number of rotatable bonds is 4. The van der Waals surface area contributed by atoms with E-state index in [1.807, 2.05) is 17.9 Å². The molecule has 0 unspecified atom stereocenters. The number of alkyl halides is 3. The van der Waals surface area contributed by atoms with Crippen molar-refractivity contribution >= 4 is 27.4 Å². The predicted octanol–water partition coefficient (Wildman–Crippen LogP) is 3.49. The number of aryl methyl sites for hydroxylation is 1. The summed E-state index contributed by atoms with van der Waals surface area (Å²) in [6, 6.07) is 1.62.